The van der Waals surface area contributed by atoms with E-state index in [2.05, 4.69) is 10.1 Å². The lowest BCUT2D eigenvalue weighted by Gasteiger charge is -2.14. The molecule has 15 heavy (non-hydrogen) atoms. The van der Waals surface area contributed by atoms with Crippen molar-refractivity contribution in [3.05, 3.63) is 48.1 Å². The van der Waals surface area contributed by atoms with E-state index in [0.29, 0.717) is 6.61 Å². The Kier molecular flexibility index (Phi) is 1.78. The Hall–Kier alpha value is -2.10. The summed E-state index contributed by atoms with van der Waals surface area (Å²) in [6, 6.07) is 3.85. The Morgan fingerprint density at radius 3 is 3.20 bits per heavy atom. The molecule has 0 amide bonds. The summed E-state index contributed by atoms with van der Waals surface area (Å²) in [4.78, 5) is 4.32. The largest absolute Gasteiger partial charge is 0.496 e. The zero-order chi connectivity index (χ0) is 10.1. The van der Waals surface area contributed by atoms with Crippen LogP contribution >= 0.6 is 0 Å². The van der Waals surface area contributed by atoms with Crippen molar-refractivity contribution in [1.82, 2.24) is 14.8 Å². The molecule has 0 unspecified atom stereocenters. The molecule has 2 aromatic rings. The first kappa shape index (κ1) is 8.23. The maximum Gasteiger partial charge on any atom is 0.160 e. The van der Waals surface area contributed by atoms with Crippen LogP contribution in [0.25, 0.3) is 11.9 Å². The van der Waals surface area contributed by atoms with E-state index in [-0.39, 0.29) is 0 Å². The van der Waals surface area contributed by atoms with Gasteiger partial charge >= 0.3 is 0 Å². The predicted molar refractivity (Wildman–Crippen MR) is 55.2 cm³/mol. The third-order valence-corrected chi connectivity index (χ3v) is 2.36. The second kappa shape index (κ2) is 3.24. The summed E-state index contributed by atoms with van der Waals surface area (Å²) < 4.78 is 7.02. The highest BCUT2D eigenvalue weighted by molar-refractivity contribution is 5.58. The molecular weight excluding hydrogens is 190 g/mol. The fraction of sp³-hybridized carbons (Fsp3) is 0.0909. The molecule has 0 spiro atoms. The maximum atomic E-state index is 5.27. The van der Waals surface area contributed by atoms with Gasteiger partial charge in [0.1, 0.15) is 6.61 Å². The first-order chi connectivity index (χ1) is 7.45. The highest BCUT2D eigenvalue weighted by Crippen LogP contribution is 2.21. The molecule has 1 aliphatic heterocycles. The van der Waals surface area contributed by atoms with Gasteiger partial charge in [0.05, 0.1) is 6.26 Å². The number of pyridine rings is 1. The van der Waals surface area contributed by atoms with E-state index >= 15 is 0 Å². The molecule has 3 rings (SSSR count). The minimum Gasteiger partial charge on any atom is -0.496 e. The van der Waals surface area contributed by atoms with Crippen molar-refractivity contribution >= 4 is 6.08 Å². The molecule has 0 radical (unpaired) electrons. The number of rotatable bonds is 1. The standard InChI is InChI=1S/C11H9N3O/c1-4-13-14(6-1)11-10-8-15-7-3-9(10)2-5-12-11/h1-7H,8H2. The van der Waals surface area contributed by atoms with Crippen molar-refractivity contribution in [3.63, 3.8) is 0 Å². The Balaban J connectivity index is 2.21. The molecule has 0 bridgehead atoms. The van der Waals surface area contributed by atoms with E-state index in [0.717, 1.165) is 16.9 Å². The smallest absolute Gasteiger partial charge is 0.160 e. The normalized spacial score (nSPS) is 13.3. The van der Waals surface area contributed by atoms with Gasteiger partial charge in [-0.1, -0.05) is 0 Å². The van der Waals surface area contributed by atoms with Crippen LogP contribution < -0.4 is 0 Å². The van der Waals surface area contributed by atoms with Gasteiger partial charge in [0.2, 0.25) is 0 Å². The second-order valence-electron chi connectivity index (χ2n) is 3.27. The first-order valence-corrected chi connectivity index (χ1v) is 4.71. The average Bonchev–Trinajstić information content (AvgIpc) is 2.82. The van der Waals surface area contributed by atoms with Crippen molar-refractivity contribution in [3.8, 4) is 5.82 Å². The Labute approximate surface area is 86.8 Å². The highest BCUT2D eigenvalue weighted by Gasteiger charge is 2.12. The van der Waals surface area contributed by atoms with Gasteiger partial charge in [-0.25, -0.2) is 9.67 Å². The minimum absolute atomic E-state index is 0.550. The summed E-state index contributed by atoms with van der Waals surface area (Å²) >= 11 is 0. The molecule has 1 aliphatic rings. The molecule has 2 aromatic heterocycles. The van der Waals surface area contributed by atoms with Gasteiger partial charge in [0, 0.05) is 24.2 Å². The van der Waals surface area contributed by atoms with Crippen LogP contribution in [0.2, 0.25) is 0 Å². The molecule has 0 saturated carbocycles. The fourth-order valence-electron chi connectivity index (χ4n) is 1.64. The van der Waals surface area contributed by atoms with Gasteiger partial charge in [-0.15, -0.1) is 0 Å². The fourth-order valence-corrected chi connectivity index (χ4v) is 1.64. The SMILES string of the molecule is C1=Cc2ccnc(-n3cccn3)c2CO1. The van der Waals surface area contributed by atoms with Crippen LogP contribution in [-0.4, -0.2) is 14.8 Å². The zero-order valence-electron chi connectivity index (χ0n) is 8.00. The quantitative estimate of drug-likeness (QED) is 0.702. The number of hydrogen-bond acceptors (Lipinski definition) is 3. The van der Waals surface area contributed by atoms with E-state index < -0.39 is 0 Å². The summed E-state index contributed by atoms with van der Waals surface area (Å²) in [6.07, 6.45) is 9.04. The van der Waals surface area contributed by atoms with Crippen LogP contribution in [0.15, 0.2) is 37.0 Å². The lowest BCUT2D eigenvalue weighted by Crippen LogP contribution is -2.07. The maximum absolute atomic E-state index is 5.27. The molecule has 0 aromatic carbocycles. The third-order valence-electron chi connectivity index (χ3n) is 2.36. The van der Waals surface area contributed by atoms with Crippen LogP contribution in [0.3, 0.4) is 0 Å². The van der Waals surface area contributed by atoms with E-state index in [4.69, 9.17) is 4.74 Å². The number of fused-ring (bicyclic) bond motifs is 1. The average molecular weight is 199 g/mol. The minimum atomic E-state index is 0.550. The summed E-state index contributed by atoms with van der Waals surface area (Å²) in [6.45, 7) is 0.550. The monoisotopic (exact) mass is 199 g/mol. The van der Waals surface area contributed by atoms with Gasteiger partial charge in [0.15, 0.2) is 5.82 Å². The van der Waals surface area contributed by atoms with E-state index in [1.807, 2.05) is 24.4 Å². The first-order valence-electron chi connectivity index (χ1n) is 4.71. The molecular formula is C11H9N3O. The third kappa shape index (κ3) is 1.30. The van der Waals surface area contributed by atoms with Crippen LogP contribution in [0, 0.1) is 0 Å². The number of aromatic nitrogens is 3. The topological polar surface area (TPSA) is 39.9 Å². The van der Waals surface area contributed by atoms with Gasteiger partial charge in [-0.2, -0.15) is 5.10 Å². The lowest BCUT2D eigenvalue weighted by atomic mass is 10.1. The zero-order valence-corrected chi connectivity index (χ0v) is 8.00. The highest BCUT2D eigenvalue weighted by atomic mass is 16.5. The molecule has 74 valence electrons. The van der Waals surface area contributed by atoms with Crippen molar-refractivity contribution in [2.45, 2.75) is 6.61 Å². The number of hydrogen-bond donors (Lipinski definition) is 0. The Morgan fingerprint density at radius 2 is 2.33 bits per heavy atom. The molecule has 0 atom stereocenters. The van der Waals surface area contributed by atoms with Crippen LogP contribution in [0.5, 0.6) is 0 Å². The van der Waals surface area contributed by atoms with Crippen molar-refractivity contribution in [2.75, 3.05) is 0 Å². The van der Waals surface area contributed by atoms with Crippen LogP contribution in [-0.2, 0) is 11.3 Å². The number of nitrogens with zero attached hydrogens (tertiary/aromatic N) is 3. The molecule has 4 heteroatoms. The molecule has 0 fully saturated rings. The predicted octanol–water partition coefficient (Wildman–Crippen LogP) is 1.77. The van der Waals surface area contributed by atoms with Crippen LogP contribution in [0.4, 0.5) is 0 Å². The van der Waals surface area contributed by atoms with E-state index in [9.17, 15) is 0 Å². The van der Waals surface area contributed by atoms with Crippen molar-refractivity contribution in [1.29, 1.82) is 0 Å². The molecule has 4 nitrogen and oxygen atoms in total. The lowest BCUT2D eigenvalue weighted by molar-refractivity contribution is 0.233. The summed E-state index contributed by atoms with van der Waals surface area (Å²) in [5.74, 6) is 0.835. The van der Waals surface area contributed by atoms with Crippen molar-refractivity contribution in [2.24, 2.45) is 0 Å². The molecule has 0 saturated heterocycles. The summed E-state index contributed by atoms with van der Waals surface area (Å²) in [7, 11) is 0. The summed E-state index contributed by atoms with van der Waals surface area (Å²) in [5.41, 5.74) is 2.21. The molecule has 0 aliphatic carbocycles. The van der Waals surface area contributed by atoms with Crippen LogP contribution in [0.1, 0.15) is 11.1 Å². The molecule has 3 heterocycles. The van der Waals surface area contributed by atoms with Gasteiger partial charge < -0.3 is 4.74 Å². The van der Waals surface area contributed by atoms with E-state index in [1.165, 1.54) is 0 Å². The summed E-state index contributed by atoms with van der Waals surface area (Å²) in [5, 5.41) is 4.17. The Morgan fingerprint density at radius 1 is 1.33 bits per heavy atom. The van der Waals surface area contributed by atoms with Gasteiger partial charge in [-0.05, 0) is 23.8 Å². The Bertz CT molecular complexity index is 503. The van der Waals surface area contributed by atoms with Gasteiger partial charge in [0.25, 0.3) is 0 Å². The van der Waals surface area contributed by atoms with Crippen molar-refractivity contribution < 1.29 is 4.74 Å². The molecule has 0 N–H and O–H groups in total. The number of ether oxygens (including phenoxy) is 1. The van der Waals surface area contributed by atoms with E-state index in [1.54, 1.807) is 23.3 Å². The second-order valence-corrected chi connectivity index (χ2v) is 3.27. The van der Waals surface area contributed by atoms with Gasteiger partial charge in [-0.3, -0.25) is 0 Å².